The summed E-state index contributed by atoms with van der Waals surface area (Å²) in [6, 6.07) is 0. The maximum absolute atomic E-state index is 7.01. The number of aromatic nitrogens is 3. The molecule has 0 unspecified atom stereocenters. The van der Waals surface area contributed by atoms with E-state index < -0.39 is 0 Å². The molecule has 0 aliphatic carbocycles. The fraction of sp³-hybridized carbons (Fsp3) is 0.429. The molecule has 1 aromatic rings. The first-order chi connectivity index (χ1) is 5.79. The quantitative estimate of drug-likeness (QED) is 0.674. The molecule has 0 aliphatic heterocycles. The Morgan fingerprint density at radius 2 is 2.33 bits per heavy atom. The number of nitrogens with one attached hydrogen (secondary N) is 1. The van der Waals surface area contributed by atoms with Gasteiger partial charge < -0.3 is 5.41 Å². The Morgan fingerprint density at radius 1 is 1.58 bits per heavy atom. The molecular formula is C7H11N5. The minimum atomic E-state index is 0.456. The van der Waals surface area contributed by atoms with E-state index in [1.54, 1.807) is 13.1 Å². The molecule has 64 valence electrons. The summed E-state index contributed by atoms with van der Waals surface area (Å²) >= 11 is 0. The topological polar surface area (TPSA) is 66.9 Å². The Hall–Kier alpha value is -1.52. The number of nitrogens with zero attached hydrogens (tertiary/aromatic N) is 4. The molecule has 1 N–H and O–H groups in total. The van der Waals surface area contributed by atoms with Gasteiger partial charge in [0.2, 0.25) is 0 Å². The van der Waals surface area contributed by atoms with Crippen LogP contribution in [0, 0.1) is 12.3 Å². The SMILES string of the molecule is CC/C=N\n1c(C)nnc1C=N. The second-order valence-corrected chi connectivity index (χ2v) is 2.27. The molecular weight excluding hydrogens is 154 g/mol. The Labute approximate surface area is 70.6 Å². The Bertz CT molecular complexity index is 299. The van der Waals surface area contributed by atoms with Crippen LogP contribution < -0.4 is 0 Å². The van der Waals surface area contributed by atoms with Gasteiger partial charge >= 0.3 is 0 Å². The standard InChI is InChI=1S/C7H11N5/c1-3-4-9-12-6(2)10-11-7(12)5-8/h4-5,8H,3H2,1-2H3/b8-5?,9-4-. The lowest BCUT2D eigenvalue weighted by Crippen LogP contribution is -1.98. The molecule has 0 aliphatic rings. The fourth-order valence-electron chi connectivity index (χ4n) is 0.770. The maximum atomic E-state index is 7.01. The van der Waals surface area contributed by atoms with E-state index in [4.69, 9.17) is 5.41 Å². The minimum Gasteiger partial charge on any atom is -0.305 e. The van der Waals surface area contributed by atoms with Gasteiger partial charge in [0.05, 0.1) is 6.21 Å². The van der Waals surface area contributed by atoms with Crippen LogP contribution in [0.5, 0.6) is 0 Å². The van der Waals surface area contributed by atoms with Crippen LogP contribution in [0.3, 0.4) is 0 Å². The van der Waals surface area contributed by atoms with Crippen LogP contribution in [0.1, 0.15) is 25.0 Å². The second-order valence-electron chi connectivity index (χ2n) is 2.27. The van der Waals surface area contributed by atoms with E-state index in [0.717, 1.165) is 12.6 Å². The summed E-state index contributed by atoms with van der Waals surface area (Å²) < 4.78 is 1.54. The van der Waals surface area contributed by atoms with E-state index in [0.29, 0.717) is 11.6 Å². The monoisotopic (exact) mass is 165 g/mol. The molecule has 0 saturated heterocycles. The van der Waals surface area contributed by atoms with Crippen LogP contribution >= 0.6 is 0 Å². The Balaban J connectivity index is 3.01. The first-order valence-corrected chi connectivity index (χ1v) is 3.75. The van der Waals surface area contributed by atoms with Crippen molar-refractivity contribution in [3.63, 3.8) is 0 Å². The third-order valence-electron chi connectivity index (χ3n) is 1.33. The largest absolute Gasteiger partial charge is 0.305 e. The van der Waals surface area contributed by atoms with E-state index in [9.17, 15) is 0 Å². The predicted molar refractivity (Wildman–Crippen MR) is 46.8 cm³/mol. The lowest BCUT2D eigenvalue weighted by molar-refractivity contribution is 0.821. The van der Waals surface area contributed by atoms with Crippen molar-refractivity contribution < 1.29 is 0 Å². The highest BCUT2D eigenvalue weighted by molar-refractivity contribution is 5.71. The van der Waals surface area contributed by atoms with Crippen molar-refractivity contribution in [3.05, 3.63) is 11.6 Å². The normalized spacial score (nSPS) is 10.8. The van der Waals surface area contributed by atoms with Crippen LogP contribution in [0.2, 0.25) is 0 Å². The zero-order chi connectivity index (χ0) is 8.97. The number of rotatable bonds is 3. The van der Waals surface area contributed by atoms with Crippen LogP contribution in [-0.2, 0) is 0 Å². The lowest BCUT2D eigenvalue weighted by atomic mass is 10.5. The Morgan fingerprint density at radius 3 is 2.92 bits per heavy atom. The molecule has 0 aromatic carbocycles. The maximum Gasteiger partial charge on any atom is 0.195 e. The van der Waals surface area contributed by atoms with Crippen LogP contribution in [-0.4, -0.2) is 27.3 Å². The molecule has 0 saturated carbocycles. The molecule has 1 aromatic heterocycles. The van der Waals surface area contributed by atoms with Crippen molar-refractivity contribution in [1.82, 2.24) is 14.9 Å². The highest BCUT2D eigenvalue weighted by atomic mass is 15.4. The summed E-state index contributed by atoms with van der Waals surface area (Å²) in [4.78, 5) is 0. The summed E-state index contributed by atoms with van der Waals surface area (Å²) in [5, 5.41) is 18.6. The molecule has 0 radical (unpaired) electrons. The van der Waals surface area contributed by atoms with Gasteiger partial charge in [-0.05, 0) is 13.3 Å². The van der Waals surface area contributed by atoms with E-state index in [2.05, 4.69) is 15.3 Å². The Kier molecular flexibility index (Phi) is 2.68. The first-order valence-electron chi connectivity index (χ1n) is 3.75. The van der Waals surface area contributed by atoms with Gasteiger partial charge in [0.25, 0.3) is 0 Å². The summed E-state index contributed by atoms with van der Waals surface area (Å²) in [5.74, 6) is 1.15. The smallest absolute Gasteiger partial charge is 0.195 e. The van der Waals surface area contributed by atoms with Crippen molar-refractivity contribution in [1.29, 1.82) is 5.41 Å². The summed E-state index contributed by atoms with van der Waals surface area (Å²) in [7, 11) is 0. The van der Waals surface area contributed by atoms with Crippen LogP contribution in [0.15, 0.2) is 5.10 Å². The number of hydrogen-bond donors (Lipinski definition) is 1. The van der Waals surface area contributed by atoms with Crippen molar-refractivity contribution in [2.24, 2.45) is 5.10 Å². The van der Waals surface area contributed by atoms with E-state index in [1.807, 2.05) is 6.92 Å². The van der Waals surface area contributed by atoms with E-state index in [1.165, 1.54) is 4.68 Å². The van der Waals surface area contributed by atoms with Gasteiger partial charge in [0, 0.05) is 6.21 Å². The number of hydrogen-bond acceptors (Lipinski definition) is 4. The average Bonchev–Trinajstić information content (AvgIpc) is 2.43. The summed E-state index contributed by atoms with van der Waals surface area (Å²) in [6.45, 7) is 3.79. The van der Waals surface area contributed by atoms with E-state index >= 15 is 0 Å². The highest BCUT2D eigenvalue weighted by Crippen LogP contribution is 1.96. The van der Waals surface area contributed by atoms with Gasteiger partial charge in [-0.25, -0.2) is 0 Å². The van der Waals surface area contributed by atoms with Crippen LogP contribution in [0.25, 0.3) is 0 Å². The molecule has 5 heteroatoms. The van der Waals surface area contributed by atoms with Crippen molar-refractivity contribution in [3.8, 4) is 0 Å². The van der Waals surface area contributed by atoms with Crippen molar-refractivity contribution in [2.45, 2.75) is 20.3 Å². The molecule has 1 heterocycles. The predicted octanol–water partition coefficient (Wildman–Crippen LogP) is 0.828. The van der Waals surface area contributed by atoms with Gasteiger partial charge in [-0.2, -0.15) is 9.78 Å². The van der Waals surface area contributed by atoms with Crippen molar-refractivity contribution in [2.75, 3.05) is 0 Å². The molecule has 0 spiro atoms. The minimum absolute atomic E-state index is 0.456. The molecule has 0 atom stereocenters. The van der Waals surface area contributed by atoms with Crippen LogP contribution in [0.4, 0.5) is 0 Å². The first kappa shape index (κ1) is 8.58. The lowest BCUT2D eigenvalue weighted by Gasteiger charge is -1.94. The molecule has 0 amide bonds. The van der Waals surface area contributed by atoms with Gasteiger partial charge in [0.1, 0.15) is 0 Å². The number of aryl methyl sites for hydroxylation is 1. The molecule has 0 fully saturated rings. The molecule has 12 heavy (non-hydrogen) atoms. The van der Waals surface area contributed by atoms with E-state index in [-0.39, 0.29) is 0 Å². The van der Waals surface area contributed by atoms with Gasteiger partial charge in [-0.3, -0.25) is 0 Å². The fourth-order valence-corrected chi connectivity index (χ4v) is 0.770. The van der Waals surface area contributed by atoms with Gasteiger partial charge in [-0.15, -0.1) is 10.2 Å². The summed E-state index contributed by atoms with van der Waals surface area (Å²) in [5.41, 5.74) is 0. The summed E-state index contributed by atoms with van der Waals surface area (Å²) in [6.07, 6.45) is 3.74. The van der Waals surface area contributed by atoms with Crippen molar-refractivity contribution >= 4 is 12.4 Å². The zero-order valence-electron chi connectivity index (χ0n) is 7.15. The van der Waals surface area contributed by atoms with Gasteiger partial charge in [0.15, 0.2) is 11.6 Å². The zero-order valence-corrected chi connectivity index (χ0v) is 7.15. The second kappa shape index (κ2) is 3.75. The molecule has 0 bridgehead atoms. The van der Waals surface area contributed by atoms with Gasteiger partial charge in [-0.1, -0.05) is 6.92 Å². The highest BCUT2D eigenvalue weighted by Gasteiger charge is 2.02. The average molecular weight is 165 g/mol. The molecule has 1 rings (SSSR count). The third kappa shape index (κ3) is 1.55. The third-order valence-corrected chi connectivity index (χ3v) is 1.33. The molecule has 5 nitrogen and oxygen atoms in total.